The van der Waals surface area contributed by atoms with Gasteiger partial charge in [-0.05, 0) is 18.1 Å². The molecule has 0 aliphatic rings. The Balaban J connectivity index is 2.41. The zero-order valence-electron chi connectivity index (χ0n) is 12.6. The largest absolute Gasteiger partial charge is 0.398 e. The molecule has 4 N–H and O–H groups in total. The predicted octanol–water partition coefficient (Wildman–Crippen LogP) is 0.609. The van der Waals surface area contributed by atoms with Gasteiger partial charge in [-0.25, -0.2) is 0 Å². The average molecular weight is 295 g/mol. The van der Waals surface area contributed by atoms with Crippen LogP contribution in [0.15, 0.2) is 24.3 Å². The van der Waals surface area contributed by atoms with Gasteiger partial charge in [0, 0.05) is 32.5 Å². The first-order valence-electron chi connectivity index (χ1n) is 7.04. The fraction of sp³-hybridized carbons (Fsp3) is 0.533. The van der Waals surface area contributed by atoms with Gasteiger partial charge in [-0.3, -0.25) is 9.69 Å². The van der Waals surface area contributed by atoms with Gasteiger partial charge in [0.1, 0.15) is 0 Å². The molecule has 0 saturated carbocycles. The fourth-order valence-corrected chi connectivity index (χ4v) is 1.99. The van der Waals surface area contributed by atoms with Crippen molar-refractivity contribution in [2.45, 2.75) is 13.0 Å². The highest BCUT2D eigenvalue weighted by atomic mass is 16.5. The Morgan fingerprint density at radius 2 is 2.00 bits per heavy atom. The van der Waals surface area contributed by atoms with E-state index < -0.39 is 0 Å². The van der Waals surface area contributed by atoms with Gasteiger partial charge in [0.2, 0.25) is 5.91 Å². The zero-order valence-corrected chi connectivity index (χ0v) is 12.6. The van der Waals surface area contributed by atoms with Crippen LogP contribution in [-0.4, -0.2) is 50.8 Å². The van der Waals surface area contributed by atoms with Crippen molar-refractivity contribution in [1.29, 1.82) is 0 Å². The van der Waals surface area contributed by atoms with Crippen LogP contribution in [0.1, 0.15) is 12.0 Å². The van der Waals surface area contributed by atoms with Gasteiger partial charge < -0.3 is 20.9 Å². The Morgan fingerprint density at radius 1 is 1.24 bits per heavy atom. The molecule has 0 atom stereocenters. The first kappa shape index (κ1) is 17.4. The number of amides is 1. The van der Waals surface area contributed by atoms with Crippen molar-refractivity contribution in [3.8, 4) is 0 Å². The van der Waals surface area contributed by atoms with Crippen LogP contribution in [0, 0.1) is 0 Å². The summed E-state index contributed by atoms with van der Waals surface area (Å²) in [7, 11) is 1.64. The number of carbonyl (C=O) groups excluding carboxylic acids is 1. The van der Waals surface area contributed by atoms with Crippen LogP contribution in [0.2, 0.25) is 0 Å². The van der Waals surface area contributed by atoms with Crippen molar-refractivity contribution in [1.82, 2.24) is 4.90 Å². The minimum atomic E-state index is -0.343. The van der Waals surface area contributed by atoms with E-state index in [-0.39, 0.29) is 12.5 Å². The molecule has 0 bridgehead atoms. The molecule has 0 unspecified atom stereocenters. The van der Waals surface area contributed by atoms with Gasteiger partial charge in [0.05, 0.1) is 19.8 Å². The van der Waals surface area contributed by atoms with Crippen molar-refractivity contribution in [2.75, 3.05) is 45.8 Å². The van der Waals surface area contributed by atoms with Gasteiger partial charge in [0.25, 0.3) is 0 Å². The predicted molar refractivity (Wildman–Crippen MR) is 82.6 cm³/mol. The monoisotopic (exact) mass is 295 g/mol. The van der Waals surface area contributed by atoms with Crippen LogP contribution in [0.3, 0.4) is 0 Å². The van der Waals surface area contributed by atoms with Gasteiger partial charge in [-0.15, -0.1) is 0 Å². The highest BCUT2D eigenvalue weighted by Crippen LogP contribution is 2.13. The maximum Gasteiger partial charge on any atom is 0.231 e. The van der Waals surface area contributed by atoms with E-state index in [0.29, 0.717) is 26.4 Å². The molecule has 21 heavy (non-hydrogen) atoms. The van der Waals surface area contributed by atoms with Gasteiger partial charge in [-0.1, -0.05) is 18.2 Å². The summed E-state index contributed by atoms with van der Waals surface area (Å²) in [4.78, 5) is 13.1. The Labute approximate surface area is 126 Å². The summed E-state index contributed by atoms with van der Waals surface area (Å²) >= 11 is 0. The molecule has 0 radical (unpaired) electrons. The van der Waals surface area contributed by atoms with E-state index in [1.165, 1.54) is 0 Å². The quantitative estimate of drug-likeness (QED) is 0.461. The second-order valence-electron chi connectivity index (χ2n) is 4.83. The second-order valence-corrected chi connectivity index (χ2v) is 4.83. The molecule has 0 saturated heterocycles. The molecule has 0 aromatic heterocycles. The molecule has 6 nitrogen and oxygen atoms in total. The maximum atomic E-state index is 11.2. The summed E-state index contributed by atoms with van der Waals surface area (Å²) in [6, 6.07) is 7.63. The normalized spacial score (nSPS) is 11.0. The zero-order chi connectivity index (χ0) is 15.5. The molecule has 1 rings (SSSR count). The number of nitrogens with zero attached hydrogens (tertiary/aromatic N) is 1. The van der Waals surface area contributed by atoms with Gasteiger partial charge >= 0.3 is 0 Å². The Kier molecular flexibility index (Phi) is 8.42. The van der Waals surface area contributed by atoms with Crippen LogP contribution in [0.5, 0.6) is 0 Å². The summed E-state index contributed by atoms with van der Waals surface area (Å²) in [6.07, 6.45) is 0.823. The van der Waals surface area contributed by atoms with Crippen LogP contribution >= 0.6 is 0 Å². The smallest absolute Gasteiger partial charge is 0.231 e. The first-order chi connectivity index (χ1) is 10.1. The molecule has 6 heteroatoms. The standard InChI is InChI=1S/C15H25N3O3/c1-20-9-10-21-8-4-7-18(12-15(17)19)11-13-5-2-3-6-14(13)16/h2-3,5-6H,4,7-12,16H2,1H3,(H2,17,19). The molecule has 0 fully saturated rings. The SMILES string of the molecule is COCCOCCCN(CC(N)=O)Cc1ccccc1N. The second kappa shape index (κ2) is 10.1. The third-order valence-corrected chi connectivity index (χ3v) is 3.02. The number of nitrogens with two attached hydrogens (primary N) is 2. The minimum Gasteiger partial charge on any atom is -0.398 e. The Hall–Kier alpha value is -1.63. The number of ether oxygens (including phenoxy) is 2. The molecule has 1 aromatic rings. The topological polar surface area (TPSA) is 90.8 Å². The number of benzene rings is 1. The number of anilines is 1. The van der Waals surface area contributed by atoms with Crippen molar-refractivity contribution in [2.24, 2.45) is 5.73 Å². The third-order valence-electron chi connectivity index (χ3n) is 3.02. The van der Waals surface area contributed by atoms with Crippen LogP contribution in [-0.2, 0) is 20.8 Å². The highest BCUT2D eigenvalue weighted by molar-refractivity contribution is 5.75. The highest BCUT2D eigenvalue weighted by Gasteiger charge is 2.10. The lowest BCUT2D eigenvalue weighted by atomic mass is 10.1. The summed E-state index contributed by atoms with van der Waals surface area (Å²) < 4.78 is 10.3. The summed E-state index contributed by atoms with van der Waals surface area (Å²) in [5, 5.41) is 0. The maximum absolute atomic E-state index is 11.2. The van der Waals surface area contributed by atoms with Crippen LogP contribution in [0.4, 0.5) is 5.69 Å². The summed E-state index contributed by atoms with van der Waals surface area (Å²) in [5.41, 5.74) is 12.9. The van der Waals surface area contributed by atoms with Crippen molar-refractivity contribution in [3.05, 3.63) is 29.8 Å². The Bertz CT molecular complexity index is 426. The molecule has 0 spiro atoms. The van der Waals surface area contributed by atoms with Crippen molar-refractivity contribution in [3.63, 3.8) is 0 Å². The number of carbonyl (C=O) groups is 1. The minimum absolute atomic E-state index is 0.215. The summed E-state index contributed by atoms with van der Waals surface area (Å²) in [6.45, 7) is 3.34. The average Bonchev–Trinajstić information content (AvgIpc) is 2.44. The molecule has 0 aliphatic carbocycles. The third kappa shape index (κ3) is 7.65. The van der Waals surface area contributed by atoms with Crippen LogP contribution in [0.25, 0.3) is 0 Å². The van der Waals surface area contributed by atoms with E-state index >= 15 is 0 Å². The molecule has 1 amide bonds. The number of primary amides is 1. The van der Waals surface area contributed by atoms with E-state index in [9.17, 15) is 4.79 Å². The molecule has 118 valence electrons. The van der Waals surface area contributed by atoms with Crippen LogP contribution < -0.4 is 11.5 Å². The lowest BCUT2D eigenvalue weighted by molar-refractivity contribution is -0.119. The summed E-state index contributed by atoms with van der Waals surface area (Å²) in [5.74, 6) is -0.343. The number of methoxy groups -OCH3 is 1. The lowest BCUT2D eigenvalue weighted by Crippen LogP contribution is -2.34. The molecule has 0 heterocycles. The fourth-order valence-electron chi connectivity index (χ4n) is 1.99. The number of nitrogen functional groups attached to an aromatic ring is 1. The van der Waals surface area contributed by atoms with E-state index in [1.54, 1.807) is 7.11 Å². The van der Waals surface area contributed by atoms with Crippen molar-refractivity contribution < 1.29 is 14.3 Å². The Morgan fingerprint density at radius 3 is 2.67 bits per heavy atom. The van der Waals surface area contributed by atoms with Gasteiger partial charge in [0.15, 0.2) is 0 Å². The van der Waals surface area contributed by atoms with E-state index in [1.807, 2.05) is 29.2 Å². The number of hydrogen-bond donors (Lipinski definition) is 2. The number of hydrogen-bond acceptors (Lipinski definition) is 5. The number of para-hydroxylation sites is 1. The molecular weight excluding hydrogens is 270 g/mol. The van der Waals surface area contributed by atoms with Crippen molar-refractivity contribution >= 4 is 11.6 Å². The first-order valence-corrected chi connectivity index (χ1v) is 7.04. The van der Waals surface area contributed by atoms with E-state index in [0.717, 1.165) is 24.2 Å². The molecule has 0 aliphatic heterocycles. The molecule has 1 aromatic carbocycles. The number of rotatable bonds is 11. The van der Waals surface area contributed by atoms with Gasteiger partial charge in [-0.2, -0.15) is 0 Å². The van der Waals surface area contributed by atoms with E-state index in [4.69, 9.17) is 20.9 Å². The lowest BCUT2D eigenvalue weighted by Gasteiger charge is -2.21. The van der Waals surface area contributed by atoms with E-state index in [2.05, 4.69) is 0 Å². The molecular formula is C15H25N3O3.